The van der Waals surface area contributed by atoms with Crippen molar-refractivity contribution in [3.8, 4) is 5.75 Å². The maximum absolute atomic E-state index is 6.04. The highest BCUT2D eigenvalue weighted by Crippen LogP contribution is 2.26. The summed E-state index contributed by atoms with van der Waals surface area (Å²) in [6.45, 7) is 11.1. The van der Waals surface area contributed by atoms with Crippen LogP contribution in [0.4, 0.5) is 0 Å². The zero-order valence-electron chi connectivity index (χ0n) is 12.9. The van der Waals surface area contributed by atoms with E-state index in [1.54, 1.807) is 7.11 Å². The van der Waals surface area contributed by atoms with E-state index in [4.69, 9.17) is 9.47 Å². The van der Waals surface area contributed by atoms with Crippen LogP contribution in [0.2, 0.25) is 0 Å². The number of hydrogen-bond donors (Lipinski definition) is 1. The molecule has 1 aromatic carbocycles. The Morgan fingerprint density at radius 2 is 1.84 bits per heavy atom. The van der Waals surface area contributed by atoms with Crippen LogP contribution in [0.1, 0.15) is 37.0 Å². The minimum Gasteiger partial charge on any atom is -0.490 e. The van der Waals surface area contributed by atoms with E-state index in [0.29, 0.717) is 0 Å². The minimum atomic E-state index is 0.178. The molecule has 0 aliphatic rings. The number of aryl methyl sites for hydroxylation is 2. The van der Waals surface area contributed by atoms with E-state index >= 15 is 0 Å². The molecule has 108 valence electrons. The second-order valence-corrected chi connectivity index (χ2v) is 5.05. The van der Waals surface area contributed by atoms with Crippen molar-refractivity contribution in [2.24, 2.45) is 0 Å². The monoisotopic (exact) mass is 265 g/mol. The molecule has 0 heterocycles. The van der Waals surface area contributed by atoms with Crippen LogP contribution >= 0.6 is 0 Å². The molecule has 3 heteroatoms. The third-order valence-electron chi connectivity index (χ3n) is 3.15. The van der Waals surface area contributed by atoms with Crippen molar-refractivity contribution >= 4 is 0 Å². The summed E-state index contributed by atoms with van der Waals surface area (Å²) in [5, 5.41) is 3.35. The van der Waals surface area contributed by atoms with Crippen molar-refractivity contribution in [2.75, 3.05) is 20.3 Å². The van der Waals surface area contributed by atoms with Crippen LogP contribution in [0.5, 0.6) is 5.75 Å². The Bertz CT molecular complexity index is 367. The van der Waals surface area contributed by atoms with Gasteiger partial charge in [-0.15, -0.1) is 0 Å². The molecule has 0 bridgehead atoms. The number of hydrogen-bond acceptors (Lipinski definition) is 3. The zero-order valence-corrected chi connectivity index (χ0v) is 12.9. The fourth-order valence-electron chi connectivity index (χ4n) is 2.14. The quantitative estimate of drug-likeness (QED) is 0.783. The van der Waals surface area contributed by atoms with Crippen LogP contribution in [0.3, 0.4) is 0 Å². The molecule has 1 unspecified atom stereocenters. The Morgan fingerprint density at radius 3 is 2.37 bits per heavy atom. The highest BCUT2D eigenvalue weighted by Gasteiger charge is 2.10. The third kappa shape index (κ3) is 5.21. The van der Waals surface area contributed by atoms with Gasteiger partial charge in [-0.25, -0.2) is 0 Å². The van der Waals surface area contributed by atoms with Crippen molar-refractivity contribution in [1.29, 1.82) is 0 Å². The van der Waals surface area contributed by atoms with Gasteiger partial charge in [0.2, 0.25) is 0 Å². The molecule has 0 fully saturated rings. The summed E-state index contributed by atoms with van der Waals surface area (Å²) in [7, 11) is 1.72. The van der Waals surface area contributed by atoms with Gasteiger partial charge >= 0.3 is 0 Å². The first-order valence-electron chi connectivity index (χ1n) is 7.04. The molecule has 0 amide bonds. The van der Waals surface area contributed by atoms with Crippen molar-refractivity contribution < 1.29 is 9.47 Å². The highest BCUT2D eigenvalue weighted by atomic mass is 16.5. The molecule has 1 rings (SSSR count). The molecule has 0 aromatic heterocycles. The minimum absolute atomic E-state index is 0.178. The van der Waals surface area contributed by atoms with E-state index in [0.717, 1.165) is 31.9 Å². The Kier molecular flexibility index (Phi) is 6.89. The molecule has 0 radical (unpaired) electrons. The summed E-state index contributed by atoms with van der Waals surface area (Å²) in [5.74, 6) is 1.02. The van der Waals surface area contributed by atoms with Gasteiger partial charge in [0.1, 0.15) is 5.75 Å². The van der Waals surface area contributed by atoms with Crippen molar-refractivity contribution in [3.05, 3.63) is 28.8 Å². The molecular formula is C16H27NO2. The maximum atomic E-state index is 6.04. The Morgan fingerprint density at radius 1 is 1.21 bits per heavy atom. The Labute approximate surface area is 117 Å². The van der Waals surface area contributed by atoms with Crippen molar-refractivity contribution in [1.82, 2.24) is 5.32 Å². The first kappa shape index (κ1) is 16.0. The first-order chi connectivity index (χ1) is 9.08. The first-order valence-corrected chi connectivity index (χ1v) is 7.04. The van der Waals surface area contributed by atoms with Gasteiger partial charge in [0.15, 0.2) is 0 Å². The standard InChI is InChI=1S/C16H27NO2/c1-6-17-11-15-9-12(2)16(13(3)10-15)19-14(4)7-8-18-5/h9-10,14,17H,6-8,11H2,1-5H3. The molecule has 0 saturated heterocycles. The summed E-state index contributed by atoms with van der Waals surface area (Å²) in [4.78, 5) is 0. The van der Waals surface area contributed by atoms with E-state index in [1.807, 2.05) is 0 Å². The van der Waals surface area contributed by atoms with Crippen LogP contribution in [-0.4, -0.2) is 26.4 Å². The normalized spacial score (nSPS) is 12.5. The molecule has 1 atom stereocenters. The molecule has 3 nitrogen and oxygen atoms in total. The largest absolute Gasteiger partial charge is 0.490 e. The number of ether oxygens (including phenoxy) is 2. The van der Waals surface area contributed by atoms with E-state index in [-0.39, 0.29) is 6.10 Å². The predicted molar refractivity (Wildman–Crippen MR) is 79.9 cm³/mol. The average Bonchev–Trinajstić information content (AvgIpc) is 2.38. The average molecular weight is 265 g/mol. The van der Waals surface area contributed by atoms with E-state index in [9.17, 15) is 0 Å². The van der Waals surface area contributed by atoms with Gasteiger partial charge < -0.3 is 14.8 Å². The lowest BCUT2D eigenvalue weighted by Crippen LogP contribution is -2.16. The molecule has 0 spiro atoms. The van der Waals surface area contributed by atoms with E-state index in [2.05, 4.69) is 45.1 Å². The van der Waals surface area contributed by atoms with Gasteiger partial charge in [-0.3, -0.25) is 0 Å². The molecule has 0 saturated carbocycles. The van der Waals surface area contributed by atoms with Crippen LogP contribution in [0, 0.1) is 13.8 Å². The molecule has 0 aliphatic heterocycles. The highest BCUT2D eigenvalue weighted by molar-refractivity contribution is 5.43. The van der Waals surface area contributed by atoms with Crippen LogP contribution < -0.4 is 10.1 Å². The van der Waals surface area contributed by atoms with Crippen LogP contribution in [-0.2, 0) is 11.3 Å². The fourth-order valence-corrected chi connectivity index (χ4v) is 2.14. The molecule has 0 aliphatic carbocycles. The molecular weight excluding hydrogens is 238 g/mol. The van der Waals surface area contributed by atoms with Crippen LogP contribution in [0.15, 0.2) is 12.1 Å². The lowest BCUT2D eigenvalue weighted by atomic mass is 10.1. The second kappa shape index (κ2) is 8.18. The Balaban J connectivity index is 2.73. The number of nitrogens with one attached hydrogen (secondary N) is 1. The molecule has 1 aromatic rings. The summed E-state index contributed by atoms with van der Waals surface area (Å²) < 4.78 is 11.1. The summed E-state index contributed by atoms with van der Waals surface area (Å²) in [6, 6.07) is 4.40. The molecule has 19 heavy (non-hydrogen) atoms. The van der Waals surface area contributed by atoms with Gasteiger partial charge in [-0.05, 0) is 44.0 Å². The number of rotatable bonds is 8. The van der Waals surface area contributed by atoms with Gasteiger partial charge in [-0.1, -0.05) is 19.1 Å². The zero-order chi connectivity index (χ0) is 14.3. The number of benzene rings is 1. The maximum Gasteiger partial charge on any atom is 0.125 e. The lowest BCUT2D eigenvalue weighted by Gasteiger charge is -2.19. The lowest BCUT2D eigenvalue weighted by molar-refractivity contribution is 0.134. The van der Waals surface area contributed by atoms with Crippen molar-refractivity contribution in [3.63, 3.8) is 0 Å². The molecule has 1 N–H and O–H groups in total. The van der Waals surface area contributed by atoms with Gasteiger partial charge in [0, 0.05) is 26.7 Å². The Hall–Kier alpha value is -1.06. The van der Waals surface area contributed by atoms with E-state index in [1.165, 1.54) is 16.7 Å². The SMILES string of the molecule is CCNCc1cc(C)c(OC(C)CCOC)c(C)c1. The smallest absolute Gasteiger partial charge is 0.125 e. The predicted octanol–water partition coefficient (Wildman–Crippen LogP) is 3.22. The van der Waals surface area contributed by atoms with Gasteiger partial charge in [0.05, 0.1) is 6.10 Å². The van der Waals surface area contributed by atoms with E-state index < -0.39 is 0 Å². The third-order valence-corrected chi connectivity index (χ3v) is 3.15. The van der Waals surface area contributed by atoms with Gasteiger partial charge in [-0.2, -0.15) is 0 Å². The van der Waals surface area contributed by atoms with Crippen molar-refractivity contribution in [2.45, 2.75) is 46.8 Å². The van der Waals surface area contributed by atoms with Gasteiger partial charge in [0.25, 0.3) is 0 Å². The second-order valence-electron chi connectivity index (χ2n) is 5.05. The summed E-state index contributed by atoms with van der Waals surface area (Å²) in [5.41, 5.74) is 3.73. The summed E-state index contributed by atoms with van der Waals surface area (Å²) in [6.07, 6.45) is 1.09. The topological polar surface area (TPSA) is 30.5 Å². The summed E-state index contributed by atoms with van der Waals surface area (Å²) >= 11 is 0. The van der Waals surface area contributed by atoms with Crippen LogP contribution in [0.25, 0.3) is 0 Å². The number of methoxy groups -OCH3 is 1. The fraction of sp³-hybridized carbons (Fsp3) is 0.625.